The second kappa shape index (κ2) is 19.3. The Hall–Kier alpha value is -1.70. The average Bonchev–Trinajstić information content (AvgIpc) is 2.60. The summed E-state index contributed by atoms with van der Waals surface area (Å²) in [5.74, 6) is 0.469. The van der Waals surface area contributed by atoms with Gasteiger partial charge in [-0.25, -0.2) is 0 Å². The van der Waals surface area contributed by atoms with E-state index < -0.39 is 0 Å². The van der Waals surface area contributed by atoms with E-state index in [0.717, 1.165) is 6.26 Å². The molecule has 0 aromatic heterocycles. The number of unbranched alkanes of at least 4 members (excludes halogenated alkanes) is 8. The molecule has 0 aromatic rings. The van der Waals surface area contributed by atoms with E-state index in [-0.39, 0.29) is 0 Å². The number of hydrogen-bond acceptors (Lipinski definition) is 2. The van der Waals surface area contributed by atoms with E-state index in [1.807, 2.05) is 37.3 Å². The van der Waals surface area contributed by atoms with Gasteiger partial charge in [-0.2, -0.15) is 0 Å². The fourth-order valence-corrected chi connectivity index (χ4v) is 2.27. The van der Waals surface area contributed by atoms with Crippen LogP contribution in [0.1, 0.15) is 71.6 Å². The summed E-state index contributed by atoms with van der Waals surface area (Å²) in [7, 11) is 0. The summed E-state index contributed by atoms with van der Waals surface area (Å²) in [5.41, 5.74) is 0. The van der Waals surface area contributed by atoms with Gasteiger partial charge in [-0.1, -0.05) is 94.4 Å². The first-order valence-corrected chi connectivity index (χ1v) is 9.48. The first kappa shape index (κ1) is 22.3. The van der Waals surface area contributed by atoms with Gasteiger partial charge in [0.2, 0.25) is 0 Å². The molecule has 0 aromatic carbocycles. The van der Waals surface area contributed by atoms with Crippen LogP contribution in [-0.4, -0.2) is 11.7 Å². The van der Waals surface area contributed by atoms with Crippen LogP contribution < -0.4 is 0 Å². The van der Waals surface area contributed by atoms with Crippen molar-refractivity contribution in [3.05, 3.63) is 60.6 Å². The molecule has 0 radical (unpaired) electrons. The molecule has 0 spiro atoms. The molecule has 0 amide bonds. The second-order valence-corrected chi connectivity index (χ2v) is 5.79. The van der Waals surface area contributed by atoms with Gasteiger partial charge in [0.05, 0.1) is 6.61 Å². The van der Waals surface area contributed by atoms with Crippen LogP contribution in [0.3, 0.4) is 0 Å². The topological polar surface area (TPSA) is 29.5 Å². The van der Waals surface area contributed by atoms with E-state index in [1.165, 1.54) is 57.8 Å². The predicted octanol–water partition coefficient (Wildman–Crippen LogP) is 7.18. The van der Waals surface area contributed by atoms with Gasteiger partial charge < -0.3 is 9.84 Å². The fourth-order valence-electron chi connectivity index (χ4n) is 2.27. The Labute approximate surface area is 149 Å². The maximum Gasteiger partial charge on any atom is 0.153 e. The third kappa shape index (κ3) is 16.7. The minimum Gasteiger partial charge on any atom is -0.512 e. The van der Waals surface area contributed by atoms with Crippen molar-refractivity contribution < 1.29 is 9.84 Å². The molecule has 2 heteroatoms. The average molecular weight is 333 g/mol. The molecule has 0 atom stereocenters. The summed E-state index contributed by atoms with van der Waals surface area (Å²) in [6.45, 7) is 4.69. The first-order valence-electron chi connectivity index (χ1n) is 9.48. The van der Waals surface area contributed by atoms with Crippen LogP contribution >= 0.6 is 0 Å². The molecule has 136 valence electrons. The Balaban J connectivity index is 3.57. The zero-order chi connectivity index (χ0) is 17.7. The quantitative estimate of drug-likeness (QED) is 0.195. The lowest BCUT2D eigenvalue weighted by Crippen LogP contribution is -1.87. The maximum absolute atomic E-state index is 8.90. The Morgan fingerprint density at radius 3 is 1.96 bits per heavy atom. The largest absolute Gasteiger partial charge is 0.512 e. The third-order valence-corrected chi connectivity index (χ3v) is 3.61. The Kier molecular flexibility index (Phi) is 18.0. The molecule has 2 nitrogen and oxygen atoms in total. The minimum absolute atomic E-state index is 0.469. The molecular weight excluding hydrogens is 296 g/mol. The summed E-state index contributed by atoms with van der Waals surface area (Å²) in [6.07, 6.45) is 28.9. The van der Waals surface area contributed by atoms with Gasteiger partial charge in [-0.15, -0.1) is 0 Å². The van der Waals surface area contributed by atoms with Gasteiger partial charge >= 0.3 is 0 Å². The Bertz CT molecular complexity index is 400. The van der Waals surface area contributed by atoms with Crippen molar-refractivity contribution in [2.45, 2.75) is 71.6 Å². The van der Waals surface area contributed by atoms with Crippen molar-refractivity contribution in [1.82, 2.24) is 0 Å². The molecular formula is C22H36O2. The summed E-state index contributed by atoms with van der Waals surface area (Å²) in [4.78, 5) is 0. The lowest BCUT2D eigenvalue weighted by Gasteiger charge is -1.99. The Morgan fingerprint density at radius 1 is 0.750 bits per heavy atom. The number of aliphatic hydroxyl groups is 1. The maximum atomic E-state index is 8.90. The van der Waals surface area contributed by atoms with Crippen molar-refractivity contribution in [2.75, 3.05) is 6.61 Å². The lowest BCUT2D eigenvalue weighted by molar-refractivity contribution is 0.229. The molecule has 0 aliphatic heterocycles. The van der Waals surface area contributed by atoms with Gasteiger partial charge in [0.15, 0.2) is 5.76 Å². The normalized spacial score (nSPS) is 13.2. The molecule has 1 N–H and O–H groups in total. The van der Waals surface area contributed by atoms with Crippen molar-refractivity contribution in [1.29, 1.82) is 0 Å². The van der Waals surface area contributed by atoms with Crippen LogP contribution in [0, 0.1) is 0 Å². The molecule has 0 saturated carbocycles. The highest BCUT2D eigenvalue weighted by Crippen LogP contribution is 2.09. The van der Waals surface area contributed by atoms with Crippen LogP contribution in [0.2, 0.25) is 0 Å². The summed E-state index contributed by atoms with van der Waals surface area (Å²) < 4.78 is 5.18. The van der Waals surface area contributed by atoms with E-state index in [1.54, 1.807) is 6.08 Å². The molecule has 0 unspecified atom stereocenters. The van der Waals surface area contributed by atoms with E-state index >= 15 is 0 Å². The number of allylic oxidation sites excluding steroid dienone is 8. The van der Waals surface area contributed by atoms with E-state index in [4.69, 9.17) is 9.84 Å². The smallest absolute Gasteiger partial charge is 0.153 e. The molecule has 0 saturated heterocycles. The van der Waals surface area contributed by atoms with E-state index in [0.29, 0.717) is 12.4 Å². The van der Waals surface area contributed by atoms with Crippen LogP contribution in [0.5, 0.6) is 0 Å². The van der Waals surface area contributed by atoms with Crippen molar-refractivity contribution in [2.24, 2.45) is 0 Å². The fraction of sp³-hybridized carbons (Fsp3) is 0.545. The molecule has 0 aliphatic carbocycles. The van der Waals surface area contributed by atoms with Gasteiger partial charge in [0.1, 0.15) is 6.26 Å². The molecule has 0 aliphatic rings. The van der Waals surface area contributed by atoms with Gasteiger partial charge in [-0.3, -0.25) is 0 Å². The number of ether oxygens (including phenoxy) is 1. The monoisotopic (exact) mass is 332 g/mol. The zero-order valence-electron chi connectivity index (χ0n) is 15.6. The highest BCUT2D eigenvalue weighted by Gasteiger charge is 1.90. The minimum atomic E-state index is 0.469. The van der Waals surface area contributed by atoms with Crippen molar-refractivity contribution in [3.63, 3.8) is 0 Å². The summed E-state index contributed by atoms with van der Waals surface area (Å²) in [5, 5.41) is 8.90. The van der Waals surface area contributed by atoms with Crippen molar-refractivity contribution in [3.8, 4) is 0 Å². The molecule has 24 heavy (non-hydrogen) atoms. The summed E-state index contributed by atoms with van der Waals surface area (Å²) >= 11 is 0. The number of aliphatic hydroxyl groups excluding tert-OH is 1. The Morgan fingerprint density at radius 2 is 1.33 bits per heavy atom. The van der Waals surface area contributed by atoms with Crippen LogP contribution in [0.4, 0.5) is 0 Å². The molecule has 0 fully saturated rings. The molecule has 0 rings (SSSR count). The van der Waals surface area contributed by atoms with E-state index in [2.05, 4.69) is 19.1 Å². The SMILES string of the molecule is CCCCCCCCCC/C=C/C=C\C=C\C=C\C(=C\O)OCC. The third-order valence-electron chi connectivity index (χ3n) is 3.61. The van der Waals surface area contributed by atoms with Gasteiger partial charge in [0.25, 0.3) is 0 Å². The highest BCUT2D eigenvalue weighted by atomic mass is 16.5. The standard InChI is InChI=1S/C22H36O2/c1-3-5-6-7-8-9-10-11-12-13-14-15-16-17-18-19-20-22(21-23)24-4-2/h13-21,23H,3-12H2,1-2H3/b14-13+,16-15-,18-17+,20-19+,22-21-. The molecule has 0 bridgehead atoms. The van der Waals surface area contributed by atoms with Crippen LogP contribution in [0.15, 0.2) is 60.6 Å². The van der Waals surface area contributed by atoms with Crippen molar-refractivity contribution >= 4 is 0 Å². The first-order chi connectivity index (χ1) is 11.8. The predicted molar refractivity (Wildman–Crippen MR) is 106 cm³/mol. The van der Waals surface area contributed by atoms with E-state index in [9.17, 15) is 0 Å². The van der Waals surface area contributed by atoms with Gasteiger partial charge in [-0.05, 0) is 25.8 Å². The zero-order valence-corrected chi connectivity index (χ0v) is 15.6. The van der Waals surface area contributed by atoms with Crippen LogP contribution in [0.25, 0.3) is 0 Å². The lowest BCUT2D eigenvalue weighted by atomic mass is 10.1. The second-order valence-electron chi connectivity index (χ2n) is 5.79. The molecule has 0 heterocycles. The van der Waals surface area contributed by atoms with Gasteiger partial charge in [0, 0.05) is 0 Å². The summed E-state index contributed by atoms with van der Waals surface area (Å²) in [6, 6.07) is 0. The van der Waals surface area contributed by atoms with Crippen LogP contribution in [-0.2, 0) is 4.74 Å². The number of hydrogen-bond donors (Lipinski definition) is 1. The number of rotatable bonds is 15. The highest BCUT2D eigenvalue weighted by molar-refractivity contribution is 5.19.